The number of amides is 2. The van der Waals surface area contributed by atoms with Gasteiger partial charge in [0.05, 0.1) is 5.69 Å². The quantitative estimate of drug-likeness (QED) is 0.731. The van der Waals surface area contributed by atoms with E-state index in [2.05, 4.69) is 26.6 Å². The number of aryl methyl sites for hydroxylation is 1. The molecule has 2 rings (SSSR count). The summed E-state index contributed by atoms with van der Waals surface area (Å²) in [7, 11) is 0. The van der Waals surface area contributed by atoms with Gasteiger partial charge in [0.1, 0.15) is 5.82 Å². The maximum atomic E-state index is 13.6. The topological polar surface area (TPSA) is 41.1 Å². The average molecular weight is 376 g/mol. The van der Waals surface area contributed by atoms with Crippen LogP contribution in [0.25, 0.3) is 0 Å². The molecule has 0 fully saturated rings. The predicted molar refractivity (Wildman–Crippen MR) is 82.9 cm³/mol. The summed E-state index contributed by atoms with van der Waals surface area (Å²) < 4.78 is 26.7. The third-order valence-electron chi connectivity index (χ3n) is 2.69. The van der Waals surface area contributed by atoms with Gasteiger partial charge in [0, 0.05) is 21.2 Å². The van der Waals surface area contributed by atoms with Gasteiger partial charge in [0.15, 0.2) is 5.82 Å². The molecule has 0 radical (unpaired) electrons. The average Bonchev–Trinajstić information content (AvgIpc) is 2.38. The van der Waals surface area contributed by atoms with Crippen molar-refractivity contribution in [2.24, 2.45) is 0 Å². The van der Waals surface area contributed by atoms with Crippen molar-refractivity contribution in [1.82, 2.24) is 0 Å². The number of hydrogen-bond donors (Lipinski definition) is 2. The number of carbonyl (C=O) groups is 1. The highest BCUT2D eigenvalue weighted by atomic mass is 79.9. The second kappa shape index (κ2) is 6.41. The first kappa shape index (κ1) is 15.7. The Hall–Kier alpha value is -1.66. The van der Waals surface area contributed by atoms with Crippen LogP contribution in [0.5, 0.6) is 0 Å². The lowest BCUT2D eigenvalue weighted by atomic mass is 10.2. The molecule has 2 aromatic rings. The predicted octanol–water partition coefficient (Wildman–Crippen LogP) is 5.33. The third-order valence-corrected chi connectivity index (χ3v) is 3.55. The van der Waals surface area contributed by atoms with Gasteiger partial charge in [0.25, 0.3) is 0 Å². The van der Waals surface area contributed by atoms with Gasteiger partial charge in [-0.2, -0.15) is 0 Å². The monoisotopic (exact) mass is 374 g/mol. The smallest absolute Gasteiger partial charge is 0.307 e. The molecule has 2 N–H and O–H groups in total. The lowest BCUT2D eigenvalue weighted by Crippen LogP contribution is -2.21. The highest BCUT2D eigenvalue weighted by Crippen LogP contribution is 2.27. The number of halogens is 4. The SMILES string of the molecule is Cc1ccc(Cl)cc1NC(=O)Nc1c(F)cc(F)cc1Br. The van der Waals surface area contributed by atoms with E-state index in [4.69, 9.17) is 11.6 Å². The molecule has 0 aliphatic carbocycles. The standard InChI is InChI=1S/C14H10BrClF2N2O/c1-7-2-3-8(16)4-12(7)19-14(21)20-13-10(15)5-9(17)6-11(13)18/h2-6H,1H3,(H2,19,20,21). The molecule has 3 nitrogen and oxygen atoms in total. The minimum absolute atomic E-state index is 0.109. The molecule has 0 unspecified atom stereocenters. The molecule has 0 saturated heterocycles. The molecular weight excluding hydrogens is 366 g/mol. The molecule has 0 aliphatic heterocycles. The Bertz CT molecular complexity index is 686. The number of hydrogen-bond acceptors (Lipinski definition) is 1. The number of rotatable bonds is 2. The van der Waals surface area contributed by atoms with Crippen LogP contribution in [0.15, 0.2) is 34.8 Å². The summed E-state index contributed by atoms with van der Waals surface area (Å²) in [5, 5.41) is 5.34. The Balaban J connectivity index is 2.17. The molecule has 7 heteroatoms. The second-order valence-corrected chi connectivity index (χ2v) is 5.57. The zero-order chi connectivity index (χ0) is 15.6. The van der Waals surface area contributed by atoms with Crippen molar-refractivity contribution in [2.45, 2.75) is 6.92 Å². The Morgan fingerprint density at radius 1 is 1.19 bits per heavy atom. The van der Waals surface area contributed by atoms with Gasteiger partial charge >= 0.3 is 6.03 Å². The van der Waals surface area contributed by atoms with E-state index in [9.17, 15) is 13.6 Å². The number of urea groups is 1. The van der Waals surface area contributed by atoms with Gasteiger partial charge in [0.2, 0.25) is 0 Å². The lowest BCUT2D eigenvalue weighted by molar-refractivity contribution is 0.262. The Labute approximate surface area is 133 Å². The molecule has 21 heavy (non-hydrogen) atoms. The van der Waals surface area contributed by atoms with Crippen molar-refractivity contribution in [3.05, 3.63) is 57.0 Å². The van der Waals surface area contributed by atoms with E-state index >= 15 is 0 Å². The molecule has 0 bridgehead atoms. The minimum atomic E-state index is -0.875. The maximum absolute atomic E-state index is 13.6. The molecule has 0 aliphatic rings. The summed E-state index contributed by atoms with van der Waals surface area (Å²) in [5.74, 6) is -1.61. The van der Waals surface area contributed by atoms with E-state index in [0.717, 1.165) is 11.6 Å². The van der Waals surface area contributed by atoms with Gasteiger partial charge in [-0.25, -0.2) is 13.6 Å². The van der Waals surface area contributed by atoms with Crippen molar-refractivity contribution in [3.8, 4) is 0 Å². The molecule has 0 atom stereocenters. The zero-order valence-corrected chi connectivity index (χ0v) is 13.1. The molecule has 0 saturated carbocycles. The van der Waals surface area contributed by atoms with Gasteiger partial charge < -0.3 is 10.6 Å². The molecule has 110 valence electrons. The van der Waals surface area contributed by atoms with E-state index in [-0.39, 0.29) is 10.2 Å². The normalized spacial score (nSPS) is 10.3. The molecule has 2 aromatic carbocycles. The van der Waals surface area contributed by atoms with E-state index in [1.54, 1.807) is 25.1 Å². The summed E-state index contributed by atoms with van der Waals surface area (Å²) in [6, 6.07) is 6.09. The first-order valence-corrected chi connectivity index (χ1v) is 7.02. The largest absolute Gasteiger partial charge is 0.323 e. The number of benzene rings is 2. The van der Waals surface area contributed by atoms with Gasteiger partial charge in [-0.15, -0.1) is 0 Å². The molecule has 0 spiro atoms. The molecule has 0 aromatic heterocycles. The van der Waals surface area contributed by atoms with Crippen molar-refractivity contribution in [2.75, 3.05) is 10.6 Å². The first-order valence-electron chi connectivity index (χ1n) is 5.85. The molecule has 0 heterocycles. The van der Waals surface area contributed by atoms with Crippen molar-refractivity contribution >= 4 is 44.9 Å². The maximum Gasteiger partial charge on any atom is 0.323 e. The van der Waals surface area contributed by atoms with Crippen molar-refractivity contribution < 1.29 is 13.6 Å². The highest BCUT2D eigenvalue weighted by Gasteiger charge is 2.13. The number of carbonyl (C=O) groups excluding carboxylic acids is 1. The summed E-state index contributed by atoms with van der Waals surface area (Å²) in [5.41, 5.74) is 1.15. The van der Waals surface area contributed by atoms with Crippen LogP contribution in [0, 0.1) is 18.6 Å². The van der Waals surface area contributed by atoms with E-state index in [1.165, 1.54) is 0 Å². The Morgan fingerprint density at radius 2 is 1.90 bits per heavy atom. The van der Waals surface area contributed by atoms with Crippen LogP contribution in [-0.4, -0.2) is 6.03 Å². The third kappa shape index (κ3) is 3.92. The van der Waals surface area contributed by atoms with Crippen LogP contribution in [-0.2, 0) is 0 Å². The lowest BCUT2D eigenvalue weighted by Gasteiger charge is -2.12. The summed E-state index contributed by atoms with van der Waals surface area (Å²) >= 11 is 8.84. The zero-order valence-electron chi connectivity index (χ0n) is 10.8. The fraction of sp³-hybridized carbons (Fsp3) is 0.0714. The van der Waals surface area contributed by atoms with Crippen LogP contribution in [0.1, 0.15) is 5.56 Å². The Kier molecular flexibility index (Phi) is 4.80. The summed E-state index contributed by atoms with van der Waals surface area (Å²) in [6.07, 6.45) is 0. The van der Waals surface area contributed by atoms with Crippen LogP contribution in [0.3, 0.4) is 0 Å². The molecular formula is C14H10BrClF2N2O. The van der Waals surface area contributed by atoms with E-state index in [0.29, 0.717) is 16.8 Å². The van der Waals surface area contributed by atoms with Crippen LogP contribution < -0.4 is 10.6 Å². The summed E-state index contributed by atoms with van der Waals surface area (Å²) in [6.45, 7) is 1.79. The van der Waals surface area contributed by atoms with Crippen LogP contribution >= 0.6 is 27.5 Å². The Morgan fingerprint density at radius 3 is 2.57 bits per heavy atom. The number of nitrogens with one attached hydrogen (secondary N) is 2. The summed E-state index contributed by atoms with van der Waals surface area (Å²) in [4.78, 5) is 11.9. The van der Waals surface area contributed by atoms with Crippen molar-refractivity contribution in [3.63, 3.8) is 0 Å². The fourth-order valence-corrected chi connectivity index (χ4v) is 2.34. The van der Waals surface area contributed by atoms with Crippen molar-refractivity contribution in [1.29, 1.82) is 0 Å². The second-order valence-electron chi connectivity index (χ2n) is 4.28. The van der Waals surface area contributed by atoms with Gasteiger partial charge in [-0.3, -0.25) is 0 Å². The highest BCUT2D eigenvalue weighted by molar-refractivity contribution is 9.10. The van der Waals surface area contributed by atoms with Crippen LogP contribution in [0.4, 0.5) is 25.0 Å². The molecule has 2 amide bonds. The van der Waals surface area contributed by atoms with Crippen LogP contribution in [0.2, 0.25) is 5.02 Å². The van der Waals surface area contributed by atoms with E-state index < -0.39 is 17.7 Å². The van der Waals surface area contributed by atoms with E-state index in [1.807, 2.05) is 0 Å². The van der Waals surface area contributed by atoms with Gasteiger partial charge in [-0.05, 0) is 46.6 Å². The number of anilines is 2. The minimum Gasteiger partial charge on any atom is -0.307 e. The first-order chi connectivity index (χ1) is 9.86. The van der Waals surface area contributed by atoms with Gasteiger partial charge in [-0.1, -0.05) is 17.7 Å². The fourth-order valence-electron chi connectivity index (χ4n) is 1.66.